The molecule has 5 nitrogen and oxygen atoms in total. The molecule has 1 heterocycles. The van der Waals surface area contributed by atoms with E-state index in [9.17, 15) is 0 Å². The van der Waals surface area contributed by atoms with Gasteiger partial charge in [-0.1, -0.05) is 35.3 Å². The summed E-state index contributed by atoms with van der Waals surface area (Å²) in [6, 6.07) is 15.0. The summed E-state index contributed by atoms with van der Waals surface area (Å²) in [6.45, 7) is 0. The van der Waals surface area contributed by atoms with Crippen LogP contribution in [0.1, 0.15) is 0 Å². The maximum Gasteiger partial charge on any atom is 0.234 e. The number of aromatic nitrogens is 3. The lowest BCUT2D eigenvalue weighted by Gasteiger charge is -2.21. The van der Waals surface area contributed by atoms with Gasteiger partial charge < -0.3 is 9.80 Å². The summed E-state index contributed by atoms with van der Waals surface area (Å²) >= 11 is 12.1. The SMILES string of the molecule is CN(c1cccc(Cl)c1)c1ncnc(N(C)c2cccc(Cl)c2)n1. The molecule has 0 saturated carbocycles. The molecule has 0 aliphatic carbocycles. The highest BCUT2D eigenvalue weighted by atomic mass is 35.5. The summed E-state index contributed by atoms with van der Waals surface area (Å²) < 4.78 is 0. The van der Waals surface area contributed by atoms with Crippen LogP contribution in [0.2, 0.25) is 10.0 Å². The van der Waals surface area contributed by atoms with Gasteiger partial charge in [0.05, 0.1) is 0 Å². The van der Waals surface area contributed by atoms with Crippen molar-refractivity contribution in [2.24, 2.45) is 0 Å². The van der Waals surface area contributed by atoms with Gasteiger partial charge in [0.1, 0.15) is 6.33 Å². The first-order valence-corrected chi connectivity index (χ1v) is 7.98. The van der Waals surface area contributed by atoms with Crippen molar-refractivity contribution in [2.45, 2.75) is 0 Å². The highest BCUT2D eigenvalue weighted by molar-refractivity contribution is 6.31. The van der Waals surface area contributed by atoms with Gasteiger partial charge >= 0.3 is 0 Å². The number of rotatable bonds is 4. The second-order valence-corrected chi connectivity index (χ2v) is 6.04. The molecule has 0 radical (unpaired) electrons. The Morgan fingerprint density at radius 1 is 0.750 bits per heavy atom. The zero-order chi connectivity index (χ0) is 17.1. The Morgan fingerprint density at radius 2 is 1.21 bits per heavy atom. The topological polar surface area (TPSA) is 45.2 Å². The average Bonchev–Trinajstić information content (AvgIpc) is 2.60. The molecule has 0 unspecified atom stereocenters. The number of benzene rings is 2. The molecule has 3 aromatic rings. The molecule has 1 aromatic heterocycles. The van der Waals surface area contributed by atoms with E-state index in [1.54, 1.807) is 0 Å². The molecule has 0 bridgehead atoms. The summed E-state index contributed by atoms with van der Waals surface area (Å²) in [5, 5.41) is 1.31. The molecule has 24 heavy (non-hydrogen) atoms. The Bertz CT molecular complexity index is 789. The fourth-order valence-corrected chi connectivity index (χ4v) is 2.57. The molecular formula is C17H15Cl2N5. The van der Waals surface area contributed by atoms with Gasteiger partial charge in [-0.05, 0) is 36.4 Å². The van der Waals surface area contributed by atoms with Gasteiger partial charge in [-0.15, -0.1) is 0 Å². The first kappa shape index (κ1) is 16.5. The van der Waals surface area contributed by atoms with E-state index in [-0.39, 0.29) is 0 Å². The molecule has 3 rings (SSSR count). The van der Waals surface area contributed by atoms with E-state index >= 15 is 0 Å². The number of nitrogens with zero attached hydrogens (tertiary/aromatic N) is 5. The minimum Gasteiger partial charge on any atom is -0.313 e. The Labute approximate surface area is 150 Å². The van der Waals surface area contributed by atoms with Crippen LogP contribution < -0.4 is 9.80 Å². The number of hydrogen-bond donors (Lipinski definition) is 0. The number of anilines is 4. The van der Waals surface area contributed by atoms with E-state index in [1.807, 2.05) is 72.4 Å². The van der Waals surface area contributed by atoms with Crippen molar-refractivity contribution in [3.05, 3.63) is 64.9 Å². The highest BCUT2D eigenvalue weighted by Crippen LogP contribution is 2.26. The second-order valence-electron chi connectivity index (χ2n) is 5.16. The lowest BCUT2D eigenvalue weighted by molar-refractivity contribution is 0.950. The van der Waals surface area contributed by atoms with Crippen molar-refractivity contribution in [3.8, 4) is 0 Å². The third-order valence-corrected chi connectivity index (χ3v) is 4.01. The van der Waals surface area contributed by atoms with Crippen LogP contribution in [0.4, 0.5) is 23.3 Å². The Hall–Kier alpha value is -2.37. The van der Waals surface area contributed by atoms with E-state index in [4.69, 9.17) is 23.2 Å². The summed E-state index contributed by atoms with van der Waals surface area (Å²) in [6.07, 6.45) is 1.49. The van der Waals surface area contributed by atoms with Gasteiger partial charge in [0.15, 0.2) is 0 Å². The van der Waals surface area contributed by atoms with E-state index in [0.717, 1.165) is 11.4 Å². The van der Waals surface area contributed by atoms with Crippen LogP contribution in [-0.4, -0.2) is 29.0 Å². The standard InChI is InChI=1S/C17H15Cl2N5/c1-23(14-7-3-5-12(18)9-14)16-20-11-21-17(22-16)24(2)15-8-4-6-13(19)10-15/h3-11H,1-2H3. The van der Waals surface area contributed by atoms with Crippen molar-refractivity contribution < 1.29 is 0 Å². The van der Waals surface area contributed by atoms with Gasteiger partial charge in [0, 0.05) is 35.5 Å². The highest BCUT2D eigenvalue weighted by Gasteiger charge is 2.12. The van der Waals surface area contributed by atoms with Crippen LogP contribution in [0.3, 0.4) is 0 Å². The zero-order valence-electron chi connectivity index (χ0n) is 13.2. The molecule has 0 spiro atoms. The van der Waals surface area contributed by atoms with E-state index in [2.05, 4.69) is 15.0 Å². The molecule has 122 valence electrons. The first-order chi connectivity index (χ1) is 11.5. The van der Waals surface area contributed by atoms with E-state index < -0.39 is 0 Å². The molecule has 0 amide bonds. The molecule has 0 atom stereocenters. The van der Waals surface area contributed by atoms with Gasteiger partial charge in [-0.3, -0.25) is 0 Å². The average molecular weight is 360 g/mol. The smallest absolute Gasteiger partial charge is 0.234 e. The van der Waals surface area contributed by atoms with Crippen molar-refractivity contribution in [2.75, 3.05) is 23.9 Å². The summed E-state index contributed by atoms with van der Waals surface area (Å²) in [5.41, 5.74) is 1.79. The minimum atomic E-state index is 0.524. The zero-order valence-corrected chi connectivity index (χ0v) is 14.7. The van der Waals surface area contributed by atoms with Crippen molar-refractivity contribution in [1.82, 2.24) is 15.0 Å². The molecule has 0 N–H and O–H groups in total. The molecule has 0 fully saturated rings. The maximum absolute atomic E-state index is 6.05. The third kappa shape index (κ3) is 3.58. The monoisotopic (exact) mass is 359 g/mol. The Kier molecular flexibility index (Phi) is 4.83. The lowest BCUT2D eigenvalue weighted by Crippen LogP contribution is -2.18. The molecule has 0 aliphatic rings. The van der Waals surface area contributed by atoms with Crippen molar-refractivity contribution in [1.29, 1.82) is 0 Å². The quantitative estimate of drug-likeness (QED) is 0.674. The minimum absolute atomic E-state index is 0.524. The van der Waals surface area contributed by atoms with Crippen LogP contribution in [0.25, 0.3) is 0 Å². The number of halogens is 2. The lowest BCUT2D eigenvalue weighted by atomic mass is 10.3. The third-order valence-electron chi connectivity index (χ3n) is 3.54. The fraction of sp³-hybridized carbons (Fsp3) is 0.118. The fourth-order valence-electron chi connectivity index (χ4n) is 2.20. The van der Waals surface area contributed by atoms with Crippen LogP contribution in [0.15, 0.2) is 54.9 Å². The largest absolute Gasteiger partial charge is 0.313 e. The van der Waals surface area contributed by atoms with Crippen molar-refractivity contribution >= 4 is 46.5 Å². The molecular weight excluding hydrogens is 345 g/mol. The molecule has 0 aliphatic heterocycles. The van der Waals surface area contributed by atoms with Gasteiger partial charge in [-0.2, -0.15) is 4.98 Å². The van der Waals surface area contributed by atoms with Crippen LogP contribution in [0.5, 0.6) is 0 Å². The normalized spacial score (nSPS) is 10.5. The van der Waals surface area contributed by atoms with Crippen molar-refractivity contribution in [3.63, 3.8) is 0 Å². The Balaban J connectivity index is 1.91. The van der Waals surface area contributed by atoms with E-state index in [1.165, 1.54) is 6.33 Å². The summed E-state index contributed by atoms with van der Waals surface area (Å²) in [5.74, 6) is 1.05. The summed E-state index contributed by atoms with van der Waals surface area (Å²) in [7, 11) is 3.76. The van der Waals surface area contributed by atoms with Crippen LogP contribution >= 0.6 is 23.2 Å². The van der Waals surface area contributed by atoms with E-state index in [0.29, 0.717) is 21.9 Å². The molecule has 7 heteroatoms. The summed E-state index contributed by atoms with van der Waals surface area (Å²) in [4.78, 5) is 16.7. The van der Waals surface area contributed by atoms with Gasteiger partial charge in [0.25, 0.3) is 0 Å². The van der Waals surface area contributed by atoms with Gasteiger partial charge in [-0.25, -0.2) is 9.97 Å². The second kappa shape index (κ2) is 7.03. The molecule has 0 saturated heterocycles. The maximum atomic E-state index is 6.05. The van der Waals surface area contributed by atoms with Crippen LogP contribution in [0, 0.1) is 0 Å². The number of hydrogen-bond acceptors (Lipinski definition) is 5. The van der Waals surface area contributed by atoms with Crippen LogP contribution in [-0.2, 0) is 0 Å². The molecule has 2 aromatic carbocycles. The predicted octanol–water partition coefficient (Wildman–Crippen LogP) is 4.71. The Morgan fingerprint density at radius 3 is 1.62 bits per heavy atom. The predicted molar refractivity (Wildman–Crippen MR) is 98.9 cm³/mol. The van der Waals surface area contributed by atoms with Gasteiger partial charge in [0.2, 0.25) is 11.9 Å². The first-order valence-electron chi connectivity index (χ1n) is 7.22.